The van der Waals surface area contributed by atoms with Crippen molar-refractivity contribution in [1.82, 2.24) is 15.1 Å². The van der Waals surface area contributed by atoms with Gasteiger partial charge in [0.15, 0.2) is 0 Å². The zero-order valence-electron chi connectivity index (χ0n) is 11.0. The quantitative estimate of drug-likeness (QED) is 0.848. The highest BCUT2D eigenvalue weighted by Gasteiger charge is 2.25. The number of nitrogens with one attached hydrogen (secondary N) is 1. The van der Waals surface area contributed by atoms with E-state index in [1.54, 1.807) is 0 Å². The van der Waals surface area contributed by atoms with Crippen LogP contribution in [0.2, 0.25) is 0 Å². The Balaban J connectivity index is 1.76. The highest BCUT2D eigenvalue weighted by atomic mass is 16.5. The molecule has 96 valence electrons. The summed E-state index contributed by atoms with van der Waals surface area (Å²) in [6.07, 6.45) is 4.85. The fraction of sp³-hybridized carbons (Fsp3) is 0.769. The van der Waals surface area contributed by atoms with Crippen molar-refractivity contribution in [3.05, 3.63) is 18.0 Å². The van der Waals surface area contributed by atoms with Gasteiger partial charge in [-0.1, -0.05) is 13.8 Å². The first-order chi connectivity index (χ1) is 8.15. The van der Waals surface area contributed by atoms with E-state index in [4.69, 9.17) is 4.74 Å². The molecule has 1 fully saturated rings. The third kappa shape index (κ3) is 3.54. The van der Waals surface area contributed by atoms with Crippen molar-refractivity contribution in [2.24, 2.45) is 0 Å². The second-order valence-corrected chi connectivity index (χ2v) is 5.18. The third-order valence-corrected chi connectivity index (χ3v) is 3.25. The average Bonchev–Trinajstić information content (AvgIpc) is 2.87. The van der Waals surface area contributed by atoms with Crippen molar-refractivity contribution < 1.29 is 4.74 Å². The second kappa shape index (κ2) is 5.65. The molecule has 1 N–H and O–H groups in total. The van der Waals surface area contributed by atoms with E-state index in [2.05, 4.69) is 31.2 Å². The highest BCUT2D eigenvalue weighted by molar-refractivity contribution is 4.97. The molecule has 1 aromatic heterocycles. The summed E-state index contributed by atoms with van der Waals surface area (Å²) in [5.74, 6) is 0. The molecule has 1 aliphatic heterocycles. The molecule has 0 saturated carbocycles. The van der Waals surface area contributed by atoms with Crippen molar-refractivity contribution in [3.63, 3.8) is 0 Å². The largest absolute Gasteiger partial charge is 0.372 e. The molecule has 0 aliphatic carbocycles. The third-order valence-electron chi connectivity index (χ3n) is 3.25. The number of ether oxygens (including phenoxy) is 1. The lowest BCUT2D eigenvalue weighted by Crippen LogP contribution is -2.32. The van der Waals surface area contributed by atoms with Crippen molar-refractivity contribution >= 4 is 0 Å². The first kappa shape index (κ1) is 12.6. The van der Waals surface area contributed by atoms with E-state index in [1.165, 1.54) is 5.69 Å². The maximum atomic E-state index is 6.02. The van der Waals surface area contributed by atoms with Gasteiger partial charge in [-0.25, -0.2) is 0 Å². The summed E-state index contributed by atoms with van der Waals surface area (Å²) in [6, 6.07) is 2.57. The SMILES string of the molecule is Cc1ccnn1CC1CCC(CNC(C)C)O1. The maximum Gasteiger partial charge on any atom is 0.0776 e. The van der Waals surface area contributed by atoms with Crippen LogP contribution in [0.5, 0.6) is 0 Å². The summed E-state index contributed by atoms with van der Waals surface area (Å²) >= 11 is 0. The Bertz CT molecular complexity index is 348. The fourth-order valence-corrected chi connectivity index (χ4v) is 2.21. The van der Waals surface area contributed by atoms with Crippen LogP contribution >= 0.6 is 0 Å². The van der Waals surface area contributed by atoms with E-state index in [9.17, 15) is 0 Å². The normalized spacial score (nSPS) is 24.7. The summed E-state index contributed by atoms with van der Waals surface area (Å²) in [6.45, 7) is 8.27. The molecule has 2 atom stereocenters. The van der Waals surface area contributed by atoms with Gasteiger partial charge in [-0.15, -0.1) is 0 Å². The van der Waals surface area contributed by atoms with Crippen LogP contribution in [-0.4, -0.2) is 34.6 Å². The Morgan fingerprint density at radius 2 is 2.24 bits per heavy atom. The summed E-state index contributed by atoms with van der Waals surface area (Å²) in [5.41, 5.74) is 1.21. The van der Waals surface area contributed by atoms with Crippen LogP contribution in [0.25, 0.3) is 0 Å². The summed E-state index contributed by atoms with van der Waals surface area (Å²) in [4.78, 5) is 0. The van der Waals surface area contributed by atoms with Crippen molar-refractivity contribution in [2.75, 3.05) is 6.54 Å². The topological polar surface area (TPSA) is 39.1 Å². The molecule has 1 aromatic rings. The molecule has 1 aliphatic rings. The van der Waals surface area contributed by atoms with E-state index < -0.39 is 0 Å². The van der Waals surface area contributed by atoms with E-state index >= 15 is 0 Å². The molecule has 0 amide bonds. The van der Waals surface area contributed by atoms with Crippen LogP contribution in [0.15, 0.2) is 12.3 Å². The molecule has 2 heterocycles. The Morgan fingerprint density at radius 3 is 2.88 bits per heavy atom. The fourth-order valence-electron chi connectivity index (χ4n) is 2.21. The summed E-state index contributed by atoms with van der Waals surface area (Å²) < 4.78 is 8.05. The number of aromatic nitrogens is 2. The smallest absolute Gasteiger partial charge is 0.0776 e. The van der Waals surface area contributed by atoms with E-state index in [0.717, 1.165) is 25.9 Å². The summed E-state index contributed by atoms with van der Waals surface area (Å²) in [7, 11) is 0. The molecule has 17 heavy (non-hydrogen) atoms. The Labute approximate surface area is 103 Å². The molecule has 0 spiro atoms. The number of rotatable bonds is 5. The predicted molar refractivity (Wildman–Crippen MR) is 68.0 cm³/mol. The van der Waals surface area contributed by atoms with E-state index in [-0.39, 0.29) is 0 Å². The minimum absolute atomic E-state index is 0.326. The Kier molecular flexibility index (Phi) is 4.18. The second-order valence-electron chi connectivity index (χ2n) is 5.18. The van der Waals surface area contributed by atoms with Gasteiger partial charge in [0.25, 0.3) is 0 Å². The van der Waals surface area contributed by atoms with Crippen LogP contribution in [0, 0.1) is 6.92 Å². The zero-order chi connectivity index (χ0) is 12.3. The van der Waals surface area contributed by atoms with Crippen LogP contribution in [-0.2, 0) is 11.3 Å². The van der Waals surface area contributed by atoms with Crippen molar-refractivity contribution in [3.8, 4) is 0 Å². The minimum atomic E-state index is 0.326. The highest BCUT2D eigenvalue weighted by Crippen LogP contribution is 2.20. The maximum absolute atomic E-state index is 6.02. The van der Waals surface area contributed by atoms with Crippen molar-refractivity contribution in [2.45, 2.75) is 58.4 Å². The van der Waals surface area contributed by atoms with Crippen LogP contribution in [0.3, 0.4) is 0 Å². The predicted octanol–water partition coefficient (Wildman–Crippen LogP) is 1.74. The molecule has 2 unspecified atom stereocenters. The monoisotopic (exact) mass is 237 g/mol. The van der Waals surface area contributed by atoms with Gasteiger partial charge in [-0.2, -0.15) is 5.10 Å². The molecule has 0 radical (unpaired) electrons. The first-order valence-electron chi connectivity index (χ1n) is 6.52. The number of nitrogens with zero attached hydrogens (tertiary/aromatic N) is 2. The summed E-state index contributed by atoms with van der Waals surface area (Å²) in [5, 5.41) is 7.73. The first-order valence-corrected chi connectivity index (χ1v) is 6.52. The molecule has 4 heteroatoms. The van der Waals surface area contributed by atoms with Crippen LogP contribution in [0.1, 0.15) is 32.4 Å². The molecule has 0 aromatic carbocycles. The lowest BCUT2D eigenvalue weighted by atomic mass is 10.2. The molecule has 1 saturated heterocycles. The number of hydrogen-bond donors (Lipinski definition) is 1. The zero-order valence-corrected chi connectivity index (χ0v) is 11.0. The van der Waals surface area contributed by atoms with Crippen LogP contribution in [0.4, 0.5) is 0 Å². The Morgan fingerprint density at radius 1 is 1.47 bits per heavy atom. The van der Waals surface area contributed by atoms with Gasteiger partial charge in [0.1, 0.15) is 0 Å². The lowest BCUT2D eigenvalue weighted by molar-refractivity contribution is 0.0330. The van der Waals surface area contributed by atoms with E-state index in [1.807, 2.05) is 16.9 Å². The van der Waals surface area contributed by atoms with Gasteiger partial charge in [0, 0.05) is 24.5 Å². The number of aryl methyl sites for hydroxylation is 1. The molecule has 4 nitrogen and oxygen atoms in total. The number of hydrogen-bond acceptors (Lipinski definition) is 3. The van der Waals surface area contributed by atoms with Gasteiger partial charge in [-0.05, 0) is 25.8 Å². The van der Waals surface area contributed by atoms with Gasteiger partial charge in [0.05, 0.1) is 18.8 Å². The van der Waals surface area contributed by atoms with Gasteiger partial charge >= 0.3 is 0 Å². The average molecular weight is 237 g/mol. The van der Waals surface area contributed by atoms with Crippen molar-refractivity contribution in [1.29, 1.82) is 0 Å². The Hall–Kier alpha value is -0.870. The van der Waals surface area contributed by atoms with Gasteiger partial charge in [-0.3, -0.25) is 4.68 Å². The molecular formula is C13H23N3O. The molecule has 0 bridgehead atoms. The van der Waals surface area contributed by atoms with Gasteiger partial charge in [0.2, 0.25) is 0 Å². The minimum Gasteiger partial charge on any atom is -0.372 e. The van der Waals surface area contributed by atoms with Gasteiger partial charge < -0.3 is 10.1 Å². The van der Waals surface area contributed by atoms with E-state index in [0.29, 0.717) is 18.2 Å². The standard InChI is InChI=1S/C13H23N3O/c1-10(2)14-8-12-4-5-13(17-12)9-16-11(3)6-7-15-16/h6-7,10,12-14H,4-5,8-9H2,1-3H3. The molecule has 2 rings (SSSR count). The lowest BCUT2D eigenvalue weighted by Gasteiger charge is -2.16. The van der Waals surface area contributed by atoms with Crippen LogP contribution < -0.4 is 5.32 Å². The molecular weight excluding hydrogens is 214 g/mol.